The van der Waals surface area contributed by atoms with Crippen LogP contribution < -0.4 is 11.5 Å². The minimum absolute atomic E-state index is 0.191. The summed E-state index contributed by atoms with van der Waals surface area (Å²) in [5.41, 5.74) is 12.4. The number of guanidine groups is 1. The molecule has 0 unspecified atom stereocenters. The molecule has 0 radical (unpaired) electrons. The highest BCUT2D eigenvalue weighted by Gasteiger charge is 2.23. The Bertz CT molecular complexity index is 1170. The molecule has 0 atom stereocenters. The first-order valence-corrected chi connectivity index (χ1v) is 10.1. The fourth-order valence-corrected chi connectivity index (χ4v) is 4.13. The van der Waals surface area contributed by atoms with Crippen LogP contribution in [0, 0.1) is 0 Å². The van der Waals surface area contributed by atoms with Crippen molar-refractivity contribution in [3.05, 3.63) is 36.0 Å². The summed E-state index contributed by atoms with van der Waals surface area (Å²) in [6, 6.07) is 9.32. The van der Waals surface area contributed by atoms with Crippen LogP contribution in [0.15, 0.2) is 49.3 Å². The van der Waals surface area contributed by atoms with Gasteiger partial charge in [-0.25, -0.2) is 9.50 Å². The minimum Gasteiger partial charge on any atom is -0.369 e. The van der Waals surface area contributed by atoms with Gasteiger partial charge < -0.3 is 16.4 Å². The normalized spacial score (nSPS) is 12.2. The highest BCUT2D eigenvalue weighted by atomic mass is 32.2. The second-order valence-electron chi connectivity index (χ2n) is 5.70. The Morgan fingerprint density at radius 1 is 1.25 bits per heavy atom. The van der Waals surface area contributed by atoms with Gasteiger partial charge in [0.05, 0.1) is 6.21 Å². The molecule has 0 saturated heterocycles. The first kappa shape index (κ1) is 19.4. The largest absolute Gasteiger partial charge is 0.369 e. The van der Waals surface area contributed by atoms with Crippen molar-refractivity contribution in [1.29, 1.82) is 0 Å². The van der Waals surface area contributed by atoms with Crippen LogP contribution in [0.25, 0.3) is 16.2 Å². The van der Waals surface area contributed by atoms with Gasteiger partial charge in [0.2, 0.25) is 10.9 Å². The highest BCUT2D eigenvalue weighted by molar-refractivity contribution is 7.92. The molecule has 146 valence electrons. The van der Waals surface area contributed by atoms with E-state index in [0.717, 1.165) is 16.9 Å². The number of fused-ring (bicyclic) bond motifs is 1. The maximum atomic E-state index is 12.4. The lowest BCUT2D eigenvalue weighted by Gasteiger charge is -2.01. The predicted octanol–water partition coefficient (Wildman–Crippen LogP) is 0.344. The number of aromatic nitrogens is 3. The van der Waals surface area contributed by atoms with Crippen LogP contribution in [0.2, 0.25) is 0 Å². The van der Waals surface area contributed by atoms with Crippen molar-refractivity contribution in [3.63, 3.8) is 0 Å². The number of benzene rings is 1. The average molecular weight is 419 g/mol. The van der Waals surface area contributed by atoms with Gasteiger partial charge in [-0.15, -0.1) is 14.6 Å². The quantitative estimate of drug-likeness (QED) is 0.331. The van der Waals surface area contributed by atoms with Crippen LogP contribution in [0.4, 0.5) is 0 Å². The Labute approximate surface area is 164 Å². The number of nitrogens with two attached hydrogens (primary N) is 2. The summed E-state index contributed by atoms with van der Waals surface area (Å²) in [6.07, 6.45) is 2.55. The fourth-order valence-electron chi connectivity index (χ4n) is 2.13. The van der Waals surface area contributed by atoms with Crippen molar-refractivity contribution >= 4 is 44.8 Å². The molecule has 0 aliphatic carbocycles. The van der Waals surface area contributed by atoms with E-state index in [9.17, 15) is 8.42 Å². The van der Waals surface area contributed by atoms with Gasteiger partial charge in [0.15, 0.2) is 0 Å². The molecule has 3 aromatic rings. The Balaban J connectivity index is 2.15. The predicted molar refractivity (Wildman–Crippen MR) is 109 cm³/mol. The maximum Gasteiger partial charge on any atom is 0.312 e. The zero-order valence-electron chi connectivity index (χ0n) is 15.0. The van der Waals surface area contributed by atoms with Crippen LogP contribution >= 0.6 is 11.3 Å². The summed E-state index contributed by atoms with van der Waals surface area (Å²) >= 11 is 0.899. The molecule has 0 spiro atoms. The first-order valence-electron chi connectivity index (χ1n) is 7.82. The van der Waals surface area contributed by atoms with Crippen LogP contribution in [-0.4, -0.2) is 60.5 Å². The van der Waals surface area contributed by atoms with Crippen molar-refractivity contribution < 1.29 is 8.42 Å². The Hall–Kier alpha value is -3.32. The number of nitrogens with zero attached hydrogens (tertiary/aromatic N) is 7. The lowest BCUT2D eigenvalue weighted by molar-refractivity contribution is 0.592. The van der Waals surface area contributed by atoms with Crippen molar-refractivity contribution in [2.45, 2.75) is 4.34 Å². The summed E-state index contributed by atoms with van der Waals surface area (Å²) in [5.74, 6) is -0.210. The molecule has 0 aliphatic rings. The Morgan fingerprint density at radius 2 is 1.96 bits per heavy atom. The van der Waals surface area contributed by atoms with E-state index in [-0.39, 0.29) is 10.3 Å². The zero-order valence-corrected chi connectivity index (χ0v) is 16.6. The zero-order chi connectivity index (χ0) is 20.3. The SMILES string of the molecule is CN(C)/C=N/S(=O)(=O)c1nn2c(/C=N/N=C(N)N)c(-c3ccccc3)nc2s1. The van der Waals surface area contributed by atoms with E-state index in [1.165, 1.54) is 22.0 Å². The molecule has 1 aromatic carbocycles. The summed E-state index contributed by atoms with van der Waals surface area (Å²) in [5, 5.41) is 11.5. The molecule has 13 heteroatoms. The van der Waals surface area contributed by atoms with Crippen molar-refractivity contribution in [3.8, 4) is 11.3 Å². The van der Waals surface area contributed by atoms with Gasteiger partial charge in [-0.2, -0.15) is 13.5 Å². The second kappa shape index (κ2) is 7.74. The van der Waals surface area contributed by atoms with Crippen LogP contribution in [0.1, 0.15) is 5.69 Å². The van der Waals surface area contributed by atoms with Gasteiger partial charge in [-0.05, 0) is 0 Å². The molecule has 0 bridgehead atoms. The van der Waals surface area contributed by atoms with Gasteiger partial charge in [-0.1, -0.05) is 41.7 Å². The second-order valence-corrected chi connectivity index (χ2v) is 8.47. The average Bonchev–Trinajstić information content (AvgIpc) is 3.20. The summed E-state index contributed by atoms with van der Waals surface area (Å²) in [7, 11) is -0.624. The molecule has 2 aromatic heterocycles. The third-order valence-corrected chi connectivity index (χ3v) is 5.74. The molecule has 3 rings (SSSR count). The standard InChI is InChI=1S/C15H17N9O2S2/c1-23(2)9-19-28(25,26)15-22-24-11(8-18-21-13(16)17)12(20-14(24)27-15)10-6-4-3-5-7-10/h3-9H,1-2H3,(H4,16,17,21)/b18-8+,19-9+. The van der Waals surface area contributed by atoms with Crippen LogP contribution in [0.5, 0.6) is 0 Å². The minimum atomic E-state index is -3.95. The maximum absolute atomic E-state index is 12.4. The Morgan fingerprint density at radius 3 is 2.61 bits per heavy atom. The highest BCUT2D eigenvalue weighted by Crippen LogP contribution is 2.28. The van der Waals surface area contributed by atoms with E-state index in [1.54, 1.807) is 14.1 Å². The van der Waals surface area contributed by atoms with Gasteiger partial charge in [0.25, 0.3) is 4.34 Å². The summed E-state index contributed by atoms with van der Waals surface area (Å²) < 4.78 is 29.5. The van der Waals surface area contributed by atoms with Gasteiger partial charge in [0, 0.05) is 19.7 Å². The monoisotopic (exact) mass is 419 g/mol. The van der Waals surface area contributed by atoms with Gasteiger partial charge in [-0.3, -0.25) is 0 Å². The molecule has 11 nitrogen and oxygen atoms in total. The van der Waals surface area contributed by atoms with Crippen LogP contribution in [0.3, 0.4) is 0 Å². The molecular formula is C15H17N9O2S2. The number of hydrogen-bond acceptors (Lipinski definition) is 7. The number of hydrogen-bond donors (Lipinski definition) is 2. The number of imidazole rings is 1. The van der Waals surface area contributed by atoms with E-state index in [4.69, 9.17) is 11.5 Å². The molecule has 0 amide bonds. The third-order valence-electron chi connectivity index (χ3n) is 3.26. The third kappa shape index (κ3) is 4.15. The topological polar surface area (TPSA) is 157 Å². The van der Waals surface area contributed by atoms with E-state index >= 15 is 0 Å². The van der Waals surface area contributed by atoms with E-state index in [1.807, 2.05) is 30.3 Å². The van der Waals surface area contributed by atoms with E-state index in [0.29, 0.717) is 16.3 Å². The van der Waals surface area contributed by atoms with Crippen LogP contribution in [-0.2, 0) is 10.0 Å². The van der Waals surface area contributed by atoms with Crippen molar-refractivity contribution in [2.75, 3.05) is 14.1 Å². The Kier molecular flexibility index (Phi) is 5.37. The van der Waals surface area contributed by atoms with Crippen molar-refractivity contribution in [1.82, 2.24) is 19.5 Å². The molecule has 28 heavy (non-hydrogen) atoms. The first-order chi connectivity index (χ1) is 13.3. The lowest BCUT2D eigenvalue weighted by atomic mass is 10.1. The molecule has 0 saturated carbocycles. The van der Waals surface area contributed by atoms with E-state index in [2.05, 4.69) is 24.7 Å². The smallest absolute Gasteiger partial charge is 0.312 e. The van der Waals surface area contributed by atoms with E-state index < -0.39 is 10.0 Å². The van der Waals surface area contributed by atoms with Gasteiger partial charge in [0.1, 0.15) is 17.7 Å². The summed E-state index contributed by atoms with van der Waals surface area (Å²) in [4.78, 5) is 6.38. The lowest BCUT2D eigenvalue weighted by Crippen LogP contribution is -2.21. The van der Waals surface area contributed by atoms with Crippen molar-refractivity contribution in [2.24, 2.45) is 26.1 Å². The molecule has 4 N–H and O–H groups in total. The fraction of sp³-hybridized carbons (Fsp3) is 0.133. The molecule has 0 fully saturated rings. The van der Waals surface area contributed by atoms with Gasteiger partial charge >= 0.3 is 10.0 Å². The number of rotatable bonds is 6. The number of sulfonamides is 1. The molecule has 0 aliphatic heterocycles. The molecular weight excluding hydrogens is 402 g/mol. The summed E-state index contributed by atoms with van der Waals surface area (Å²) in [6.45, 7) is 0. The molecule has 2 heterocycles.